The standard InChI is InChI=1S/C12H18N4/c1-2-11-15-10-7-13-6-9(10)12(16-11)14-8-4-3-5-8/h8,13H,2-7H2,1H3,(H,14,15,16). The summed E-state index contributed by atoms with van der Waals surface area (Å²) in [7, 11) is 0. The first-order chi connectivity index (χ1) is 7.86. The third-order valence-electron chi connectivity index (χ3n) is 3.50. The number of aromatic nitrogens is 2. The van der Waals surface area contributed by atoms with E-state index >= 15 is 0 Å². The predicted molar refractivity (Wildman–Crippen MR) is 63.2 cm³/mol. The van der Waals surface area contributed by atoms with E-state index in [-0.39, 0.29) is 0 Å². The van der Waals surface area contributed by atoms with Crippen LogP contribution in [0.3, 0.4) is 0 Å². The number of rotatable bonds is 3. The van der Waals surface area contributed by atoms with Crippen LogP contribution in [0.15, 0.2) is 0 Å². The minimum absolute atomic E-state index is 0.643. The second kappa shape index (κ2) is 4.01. The van der Waals surface area contributed by atoms with Crippen molar-refractivity contribution in [3.8, 4) is 0 Å². The van der Waals surface area contributed by atoms with Crippen LogP contribution in [0, 0.1) is 0 Å². The maximum Gasteiger partial charge on any atom is 0.134 e. The highest BCUT2D eigenvalue weighted by atomic mass is 15.1. The molecule has 2 N–H and O–H groups in total. The number of hydrogen-bond acceptors (Lipinski definition) is 4. The highest BCUT2D eigenvalue weighted by Crippen LogP contribution is 2.27. The Morgan fingerprint density at radius 3 is 2.88 bits per heavy atom. The summed E-state index contributed by atoms with van der Waals surface area (Å²) in [5.41, 5.74) is 2.47. The molecule has 4 nitrogen and oxygen atoms in total. The summed E-state index contributed by atoms with van der Waals surface area (Å²) in [6, 6.07) is 0.643. The molecule has 0 radical (unpaired) electrons. The molecule has 1 saturated carbocycles. The average molecular weight is 218 g/mol. The number of hydrogen-bond donors (Lipinski definition) is 2. The molecule has 4 heteroatoms. The summed E-state index contributed by atoms with van der Waals surface area (Å²) in [6.07, 6.45) is 4.83. The molecule has 86 valence electrons. The normalized spacial score (nSPS) is 19.3. The fourth-order valence-corrected chi connectivity index (χ4v) is 2.24. The van der Waals surface area contributed by atoms with Gasteiger partial charge in [0.25, 0.3) is 0 Å². The summed E-state index contributed by atoms with van der Waals surface area (Å²) >= 11 is 0. The molecule has 1 fully saturated rings. The molecule has 0 atom stereocenters. The zero-order valence-electron chi connectivity index (χ0n) is 9.71. The highest BCUT2D eigenvalue weighted by Gasteiger charge is 2.23. The van der Waals surface area contributed by atoms with Crippen LogP contribution in [0.25, 0.3) is 0 Å². The number of anilines is 1. The number of fused-ring (bicyclic) bond motifs is 1. The lowest BCUT2D eigenvalue weighted by Gasteiger charge is -2.27. The minimum Gasteiger partial charge on any atom is -0.367 e. The maximum atomic E-state index is 4.62. The Morgan fingerprint density at radius 1 is 1.31 bits per heavy atom. The molecule has 1 aromatic heterocycles. The van der Waals surface area contributed by atoms with Crippen molar-refractivity contribution < 1.29 is 0 Å². The molecule has 0 amide bonds. The first-order valence-electron chi connectivity index (χ1n) is 6.22. The topological polar surface area (TPSA) is 49.8 Å². The van der Waals surface area contributed by atoms with Crippen LogP contribution in [0.5, 0.6) is 0 Å². The Balaban J connectivity index is 1.91. The molecule has 16 heavy (non-hydrogen) atoms. The highest BCUT2D eigenvalue weighted by molar-refractivity contribution is 5.49. The van der Waals surface area contributed by atoms with Crippen LogP contribution in [-0.4, -0.2) is 16.0 Å². The van der Waals surface area contributed by atoms with E-state index in [0.29, 0.717) is 6.04 Å². The van der Waals surface area contributed by atoms with E-state index in [1.54, 1.807) is 0 Å². The monoisotopic (exact) mass is 218 g/mol. The molecule has 3 rings (SSSR count). The van der Waals surface area contributed by atoms with Crippen molar-refractivity contribution in [3.05, 3.63) is 17.1 Å². The third kappa shape index (κ3) is 1.67. The molecular weight excluding hydrogens is 200 g/mol. The zero-order chi connectivity index (χ0) is 11.0. The van der Waals surface area contributed by atoms with Gasteiger partial charge in [0.2, 0.25) is 0 Å². The Labute approximate surface area is 95.9 Å². The largest absolute Gasteiger partial charge is 0.367 e. The number of nitrogens with one attached hydrogen (secondary N) is 2. The van der Waals surface area contributed by atoms with Gasteiger partial charge in [-0.05, 0) is 19.3 Å². The summed E-state index contributed by atoms with van der Waals surface area (Å²) in [4.78, 5) is 9.19. The van der Waals surface area contributed by atoms with Gasteiger partial charge in [0.15, 0.2) is 0 Å². The van der Waals surface area contributed by atoms with E-state index in [9.17, 15) is 0 Å². The lowest BCUT2D eigenvalue weighted by molar-refractivity contribution is 0.444. The first kappa shape index (κ1) is 10.0. The molecule has 0 unspecified atom stereocenters. The van der Waals surface area contributed by atoms with Gasteiger partial charge in [-0.25, -0.2) is 9.97 Å². The van der Waals surface area contributed by atoms with Crippen LogP contribution < -0.4 is 10.6 Å². The second-order valence-corrected chi connectivity index (χ2v) is 4.64. The summed E-state index contributed by atoms with van der Waals surface area (Å²) in [5, 5.41) is 6.91. The van der Waals surface area contributed by atoms with Crippen LogP contribution in [-0.2, 0) is 19.5 Å². The lowest BCUT2D eigenvalue weighted by Crippen LogP contribution is -2.28. The molecule has 0 aromatic carbocycles. The van der Waals surface area contributed by atoms with Gasteiger partial charge in [-0.1, -0.05) is 6.92 Å². The summed E-state index contributed by atoms with van der Waals surface area (Å²) < 4.78 is 0. The van der Waals surface area contributed by atoms with Gasteiger partial charge in [0, 0.05) is 31.1 Å². The van der Waals surface area contributed by atoms with Gasteiger partial charge in [-0.2, -0.15) is 0 Å². The van der Waals surface area contributed by atoms with Gasteiger partial charge in [0.05, 0.1) is 5.69 Å². The van der Waals surface area contributed by atoms with Crippen LogP contribution in [0.2, 0.25) is 0 Å². The molecule has 2 heterocycles. The van der Waals surface area contributed by atoms with E-state index in [2.05, 4.69) is 27.5 Å². The molecule has 2 aliphatic rings. The second-order valence-electron chi connectivity index (χ2n) is 4.64. The molecular formula is C12H18N4. The predicted octanol–water partition coefficient (Wildman–Crippen LogP) is 1.61. The van der Waals surface area contributed by atoms with Gasteiger partial charge in [-0.3, -0.25) is 0 Å². The Morgan fingerprint density at radius 2 is 2.19 bits per heavy atom. The van der Waals surface area contributed by atoms with E-state index < -0.39 is 0 Å². The Bertz CT molecular complexity index is 398. The summed E-state index contributed by atoms with van der Waals surface area (Å²) in [6.45, 7) is 3.91. The van der Waals surface area contributed by atoms with Gasteiger partial charge in [0.1, 0.15) is 11.6 Å². The van der Waals surface area contributed by atoms with Crippen molar-refractivity contribution in [3.63, 3.8) is 0 Å². The van der Waals surface area contributed by atoms with Crippen molar-refractivity contribution in [2.45, 2.75) is 51.7 Å². The number of nitrogens with zero attached hydrogens (tertiary/aromatic N) is 2. The van der Waals surface area contributed by atoms with Crippen molar-refractivity contribution in [1.82, 2.24) is 15.3 Å². The minimum atomic E-state index is 0.643. The molecule has 0 saturated heterocycles. The molecule has 0 bridgehead atoms. The molecule has 1 aliphatic carbocycles. The fourth-order valence-electron chi connectivity index (χ4n) is 2.24. The lowest BCUT2D eigenvalue weighted by atomic mass is 9.93. The SMILES string of the molecule is CCc1nc2c(c(NC3CCC3)n1)CNC2. The third-order valence-corrected chi connectivity index (χ3v) is 3.50. The number of aryl methyl sites for hydroxylation is 1. The van der Waals surface area contributed by atoms with Crippen molar-refractivity contribution in [2.75, 3.05) is 5.32 Å². The zero-order valence-corrected chi connectivity index (χ0v) is 9.71. The van der Waals surface area contributed by atoms with E-state index in [1.165, 1.54) is 30.5 Å². The Kier molecular flexibility index (Phi) is 2.52. The van der Waals surface area contributed by atoms with Crippen LogP contribution in [0.4, 0.5) is 5.82 Å². The Hall–Kier alpha value is -1.16. The van der Waals surface area contributed by atoms with E-state index in [1.807, 2.05) is 0 Å². The van der Waals surface area contributed by atoms with Crippen LogP contribution >= 0.6 is 0 Å². The first-order valence-corrected chi connectivity index (χ1v) is 6.22. The van der Waals surface area contributed by atoms with Gasteiger partial charge < -0.3 is 10.6 Å². The van der Waals surface area contributed by atoms with Gasteiger partial charge in [-0.15, -0.1) is 0 Å². The molecule has 1 aliphatic heterocycles. The van der Waals surface area contributed by atoms with Crippen molar-refractivity contribution in [2.24, 2.45) is 0 Å². The fraction of sp³-hybridized carbons (Fsp3) is 0.667. The average Bonchev–Trinajstić information content (AvgIpc) is 2.70. The van der Waals surface area contributed by atoms with Gasteiger partial charge >= 0.3 is 0 Å². The van der Waals surface area contributed by atoms with Crippen molar-refractivity contribution >= 4 is 5.82 Å². The van der Waals surface area contributed by atoms with Crippen LogP contribution in [0.1, 0.15) is 43.3 Å². The smallest absolute Gasteiger partial charge is 0.134 e. The van der Waals surface area contributed by atoms with E-state index in [4.69, 9.17) is 0 Å². The summed E-state index contributed by atoms with van der Waals surface area (Å²) in [5.74, 6) is 2.04. The van der Waals surface area contributed by atoms with E-state index in [0.717, 1.165) is 31.2 Å². The van der Waals surface area contributed by atoms with Crippen molar-refractivity contribution in [1.29, 1.82) is 0 Å². The molecule has 0 spiro atoms. The molecule has 1 aromatic rings. The quantitative estimate of drug-likeness (QED) is 0.809. The maximum absolute atomic E-state index is 4.62.